The van der Waals surface area contributed by atoms with E-state index in [2.05, 4.69) is 17.2 Å². The van der Waals surface area contributed by atoms with Crippen LogP contribution in [0.4, 0.5) is 0 Å². The molecule has 0 aromatic heterocycles. The van der Waals surface area contributed by atoms with Crippen molar-refractivity contribution in [3.05, 3.63) is 59.7 Å². The highest BCUT2D eigenvalue weighted by atomic mass is 32.2. The van der Waals surface area contributed by atoms with Crippen LogP contribution in [-0.4, -0.2) is 50.9 Å². The minimum Gasteiger partial charge on any atom is -0.480 e. The highest BCUT2D eigenvalue weighted by Gasteiger charge is 2.34. The first-order chi connectivity index (χ1) is 14.4. The zero-order chi connectivity index (χ0) is 21.9. The van der Waals surface area contributed by atoms with Gasteiger partial charge in [0.05, 0.1) is 6.42 Å². The number of nitrogens with one attached hydrogen (secondary N) is 1. The second-order valence-electron chi connectivity index (χ2n) is 6.79. The Kier molecular flexibility index (Phi) is 9.34. The van der Waals surface area contributed by atoms with E-state index in [1.54, 1.807) is 36.4 Å². The van der Waals surface area contributed by atoms with Crippen LogP contribution in [0.3, 0.4) is 0 Å². The predicted molar refractivity (Wildman–Crippen MR) is 118 cm³/mol. The van der Waals surface area contributed by atoms with Gasteiger partial charge >= 0.3 is 11.9 Å². The number of amides is 1. The zero-order valence-corrected chi connectivity index (χ0v) is 17.6. The summed E-state index contributed by atoms with van der Waals surface area (Å²) in [7, 11) is 0. The van der Waals surface area contributed by atoms with E-state index in [1.165, 1.54) is 11.8 Å². The SMILES string of the molecule is CCCC/C=C/C=C1\CSC(C(NC(=O)Cc2ccccc2)C(=O)O)N=C1C(=O)O. The van der Waals surface area contributed by atoms with Crippen molar-refractivity contribution in [3.8, 4) is 0 Å². The molecule has 0 radical (unpaired) electrons. The second kappa shape index (κ2) is 12.0. The maximum Gasteiger partial charge on any atom is 0.354 e. The van der Waals surface area contributed by atoms with E-state index in [1.807, 2.05) is 12.1 Å². The lowest BCUT2D eigenvalue weighted by atomic mass is 10.1. The molecule has 1 amide bonds. The Hall–Kier alpha value is -2.87. The number of unbranched alkanes of at least 4 members (excludes halogenated alkanes) is 2. The number of aliphatic imine (C=N–C) groups is 1. The summed E-state index contributed by atoms with van der Waals surface area (Å²) in [6.45, 7) is 2.09. The summed E-state index contributed by atoms with van der Waals surface area (Å²) in [6.07, 6.45) is 8.55. The Morgan fingerprint density at radius 3 is 2.63 bits per heavy atom. The van der Waals surface area contributed by atoms with Gasteiger partial charge in [0.15, 0.2) is 6.04 Å². The fourth-order valence-corrected chi connectivity index (χ4v) is 3.98. The van der Waals surface area contributed by atoms with Crippen LogP contribution in [0, 0.1) is 0 Å². The monoisotopic (exact) mass is 430 g/mol. The summed E-state index contributed by atoms with van der Waals surface area (Å²) < 4.78 is 0. The quantitative estimate of drug-likeness (QED) is 0.491. The van der Waals surface area contributed by atoms with Crippen molar-refractivity contribution in [2.24, 2.45) is 4.99 Å². The number of nitrogens with zero attached hydrogens (tertiary/aromatic N) is 1. The van der Waals surface area contributed by atoms with E-state index in [-0.39, 0.29) is 12.1 Å². The maximum absolute atomic E-state index is 12.3. The van der Waals surface area contributed by atoms with E-state index in [9.17, 15) is 24.6 Å². The topological polar surface area (TPSA) is 116 Å². The van der Waals surface area contributed by atoms with Gasteiger partial charge in [-0.15, -0.1) is 11.8 Å². The molecule has 0 saturated carbocycles. The van der Waals surface area contributed by atoms with Crippen LogP contribution in [0.15, 0.2) is 59.1 Å². The number of allylic oxidation sites excluding steroid dienone is 3. The molecule has 7 nitrogen and oxygen atoms in total. The molecule has 1 heterocycles. The van der Waals surface area contributed by atoms with Gasteiger partial charge in [-0.3, -0.25) is 9.79 Å². The van der Waals surface area contributed by atoms with Gasteiger partial charge in [0.2, 0.25) is 5.91 Å². The molecule has 0 aliphatic carbocycles. The molecule has 3 N–H and O–H groups in total. The van der Waals surface area contributed by atoms with E-state index >= 15 is 0 Å². The third-order valence-electron chi connectivity index (χ3n) is 4.41. The molecule has 8 heteroatoms. The summed E-state index contributed by atoms with van der Waals surface area (Å²) in [5.74, 6) is -2.63. The number of carboxylic acids is 2. The molecule has 0 fully saturated rings. The van der Waals surface area contributed by atoms with E-state index in [0.717, 1.165) is 24.8 Å². The van der Waals surface area contributed by atoms with Crippen molar-refractivity contribution in [1.29, 1.82) is 0 Å². The molecule has 1 aliphatic rings. The van der Waals surface area contributed by atoms with Crippen LogP contribution >= 0.6 is 11.8 Å². The summed E-state index contributed by atoms with van der Waals surface area (Å²) in [6, 6.07) is 7.64. The molecule has 2 unspecified atom stereocenters. The Balaban J connectivity index is 2.13. The van der Waals surface area contributed by atoms with Crippen LogP contribution in [0.25, 0.3) is 0 Å². The van der Waals surface area contributed by atoms with Crippen LogP contribution in [0.2, 0.25) is 0 Å². The number of carbonyl (C=O) groups is 3. The van der Waals surface area contributed by atoms with Crippen LogP contribution in [0.1, 0.15) is 31.7 Å². The third-order valence-corrected chi connectivity index (χ3v) is 5.60. The minimum absolute atomic E-state index is 0.0330. The van der Waals surface area contributed by atoms with Gasteiger partial charge in [-0.2, -0.15) is 0 Å². The van der Waals surface area contributed by atoms with Gasteiger partial charge in [0.1, 0.15) is 11.1 Å². The Morgan fingerprint density at radius 2 is 2.00 bits per heavy atom. The fraction of sp³-hybridized carbons (Fsp3) is 0.364. The van der Waals surface area contributed by atoms with E-state index < -0.39 is 29.3 Å². The van der Waals surface area contributed by atoms with Gasteiger partial charge < -0.3 is 15.5 Å². The largest absolute Gasteiger partial charge is 0.480 e. The molecule has 1 aliphatic heterocycles. The molecule has 30 heavy (non-hydrogen) atoms. The first-order valence-corrected chi connectivity index (χ1v) is 10.8. The van der Waals surface area contributed by atoms with Crippen molar-refractivity contribution in [2.45, 2.75) is 44.0 Å². The number of aliphatic carboxylic acids is 2. The van der Waals surface area contributed by atoms with Crippen molar-refractivity contribution in [3.63, 3.8) is 0 Å². The average molecular weight is 431 g/mol. The number of thioether (sulfide) groups is 1. The van der Waals surface area contributed by atoms with Crippen LogP contribution < -0.4 is 5.32 Å². The van der Waals surface area contributed by atoms with Crippen molar-refractivity contribution in [1.82, 2.24) is 5.32 Å². The zero-order valence-electron chi connectivity index (χ0n) is 16.8. The number of carbonyl (C=O) groups excluding carboxylic acids is 1. The number of benzene rings is 1. The van der Waals surface area contributed by atoms with Crippen molar-refractivity contribution >= 4 is 35.3 Å². The van der Waals surface area contributed by atoms with E-state index in [4.69, 9.17) is 0 Å². The number of carboxylic acid groups (broad SMARTS) is 2. The summed E-state index contributed by atoms with van der Waals surface area (Å²) >= 11 is 1.20. The van der Waals surface area contributed by atoms with Gasteiger partial charge in [-0.05, 0) is 17.6 Å². The highest BCUT2D eigenvalue weighted by molar-refractivity contribution is 8.00. The lowest BCUT2D eigenvalue weighted by molar-refractivity contribution is -0.141. The van der Waals surface area contributed by atoms with Gasteiger partial charge in [0, 0.05) is 5.75 Å². The second-order valence-corrected chi connectivity index (χ2v) is 7.90. The highest BCUT2D eigenvalue weighted by Crippen LogP contribution is 2.27. The number of hydrogen-bond acceptors (Lipinski definition) is 5. The van der Waals surface area contributed by atoms with Gasteiger partial charge in [-0.25, -0.2) is 9.59 Å². The van der Waals surface area contributed by atoms with Crippen molar-refractivity contribution in [2.75, 3.05) is 5.75 Å². The molecular weight excluding hydrogens is 404 g/mol. The molecule has 0 saturated heterocycles. The maximum atomic E-state index is 12.3. The summed E-state index contributed by atoms with van der Waals surface area (Å²) in [4.78, 5) is 39.9. The van der Waals surface area contributed by atoms with E-state index in [0.29, 0.717) is 11.3 Å². The Morgan fingerprint density at radius 1 is 1.27 bits per heavy atom. The summed E-state index contributed by atoms with van der Waals surface area (Å²) in [5.41, 5.74) is 1.11. The minimum atomic E-state index is -1.32. The standard InChI is InChI=1S/C22H26N2O5S/c1-2-3-4-5-9-12-16-14-30-20(24-18(16)21(26)27)19(22(28)29)23-17(25)13-15-10-7-6-8-11-15/h5-12,19-20H,2-4,13-14H2,1H3,(H,23,25)(H,26,27)(H,28,29)/b9-5+,16-12+. The normalized spacial score (nSPS) is 18.8. The molecule has 1 aromatic rings. The van der Waals surface area contributed by atoms with Crippen molar-refractivity contribution < 1.29 is 24.6 Å². The molecule has 1 aromatic carbocycles. The smallest absolute Gasteiger partial charge is 0.354 e. The molecule has 2 rings (SSSR count). The molecular formula is C22H26N2O5S. The molecule has 0 bridgehead atoms. The number of rotatable bonds is 10. The predicted octanol–water partition coefficient (Wildman–Crippen LogP) is 3.07. The average Bonchev–Trinajstić information content (AvgIpc) is 2.72. The summed E-state index contributed by atoms with van der Waals surface area (Å²) in [5, 5.41) is 20.7. The van der Waals surface area contributed by atoms with Gasteiger partial charge in [0.25, 0.3) is 0 Å². The third kappa shape index (κ3) is 7.18. The van der Waals surface area contributed by atoms with Gasteiger partial charge in [-0.1, -0.05) is 68.3 Å². The number of hydrogen-bond donors (Lipinski definition) is 3. The van der Waals surface area contributed by atoms with Crippen LogP contribution in [0.5, 0.6) is 0 Å². The lowest BCUT2D eigenvalue weighted by Gasteiger charge is -2.26. The first-order valence-electron chi connectivity index (χ1n) is 9.77. The molecule has 2 atom stereocenters. The lowest BCUT2D eigenvalue weighted by Crippen LogP contribution is -2.49. The van der Waals surface area contributed by atoms with Crippen LogP contribution in [-0.2, 0) is 20.8 Å². The fourth-order valence-electron chi connectivity index (χ4n) is 2.84. The molecule has 160 valence electrons. The molecule has 0 spiro atoms. The first kappa shape index (κ1) is 23.4. The Labute approximate surface area is 180 Å². The Bertz CT molecular complexity index is 848.